The predicted molar refractivity (Wildman–Crippen MR) is 104 cm³/mol. The number of aromatic nitrogens is 3. The summed E-state index contributed by atoms with van der Waals surface area (Å²) in [7, 11) is 0. The molecule has 1 aliphatic rings. The van der Waals surface area contributed by atoms with E-state index < -0.39 is 0 Å². The minimum atomic E-state index is 0.144. The van der Waals surface area contributed by atoms with E-state index in [1.165, 1.54) is 0 Å². The quantitative estimate of drug-likeness (QED) is 0.663. The molecule has 0 radical (unpaired) electrons. The summed E-state index contributed by atoms with van der Waals surface area (Å²) in [5.41, 5.74) is 1.69. The Morgan fingerprint density at radius 1 is 1.19 bits per heavy atom. The van der Waals surface area contributed by atoms with E-state index in [-0.39, 0.29) is 5.91 Å². The molecule has 1 aliphatic heterocycles. The van der Waals surface area contributed by atoms with E-state index in [9.17, 15) is 4.79 Å². The van der Waals surface area contributed by atoms with Crippen LogP contribution in [0.4, 0.5) is 0 Å². The Morgan fingerprint density at radius 2 is 2.04 bits per heavy atom. The van der Waals surface area contributed by atoms with E-state index in [1.54, 1.807) is 11.8 Å². The van der Waals surface area contributed by atoms with Crippen molar-refractivity contribution in [3.8, 4) is 0 Å². The van der Waals surface area contributed by atoms with Crippen LogP contribution in [0, 0.1) is 5.92 Å². The highest BCUT2D eigenvalue weighted by molar-refractivity contribution is 7.98. The summed E-state index contributed by atoms with van der Waals surface area (Å²) < 4.78 is 2.05. The number of amides is 1. The molecule has 2 aromatic heterocycles. The first-order valence-corrected chi connectivity index (χ1v) is 10.2. The molecule has 1 unspecified atom stereocenters. The normalized spacial score (nSPS) is 17.6. The molecule has 1 aromatic carbocycles. The third kappa shape index (κ3) is 3.33. The highest BCUT2D eigenvalue weighted by Crippen LogP contribution is 2.25. The van der Waals surface area contributed by atoms with Gasteiger partial charge in [-0.25, -0.2) is 0 Å². The molecule has 0 saturated carbocycles. The molecular formula is C20H22N4OS. The Kier molecular flexibility index (Phi) is 4.93. The van der Waals surface area contributed by atoms with Crippen LogP contribution in [-0.2, 0) is 6.42 Å². The molecule has 26 heavy (non-hydrogen) atoms. The molecule has 1 amide bonds. The maximum absolute atomic E-state index is 13.0. The van der Waals surface area contributed by atoms with Gasteiger partial charge in [0.2, 0.25) is 0 Å². The summed E-state index contributed by atoms with van der Waals surface area (Å²) in [6.45, 7) is 1.61. The van der Waals surface area contributed by atoms with E-state index in [4.69, 9.17) is 0 Å². The SMILES string of the molecule is CSc1ccccc1C(=O)N1CCCC(Cc2nnc3ccccn23)C1. The molecule has 0 N–H and O–H groups in total. The first-order chi connectivity index (χ1) is 12.8. The van der Waals surface area contributed by atoms with Crippen LogP contribution >= 0.6 is 11.8 Å². The van der Waals surface area contributed by atoms with Gasteiger partial charge in [0.25, 0.3) is 5.91 Å². The predicted octanol–water partition coefficient (Wildman–Crippen LogP) is 3.55. The zero-order chi connectivity index (χ0) is 17.9. The van der Waals surface area contributed by atoms with E-state index in [0.717, 1.165) is 54.3 Å². The Bertz CT molecular complexity index is 923. The number of piperidine rings is 1. The molecule has 6 heteroatoms. The fourth-order valence-corrected chi connectivity index (χ4v) is 4.29. The number of fused-ring (bicyclic) bond motifs is 1. The van der Waals surface area contributed by atoms with Crippen LogP contribution in [0.5, 0.6) is 0 Å². The third-order valence-corrected chi connectivity index (χ3v) is 5.79. The van der Waals surface area contributed by atoms with Gasteiger partial charge in [0.05, 0.1) is 5.56 Å². The van der Waals surface area contributed by atoms with Crippen molar-refractivity contribution in [3.63, 3.8) is 0 Å². The number of carbonyl (C=O) groups is 1. The second-order valence-electron chi connectivity index (χ2n) is 6.71. The summed E-state index contributed by atoms with van der Waals surface area (Å²) >= 11 is 1.62. The maximum Gasteiger partial charge on any atom is 0.254 e. The summed E-state index contributed by atoms with van der Waals surface area (Å²) in [5.74, 6) is 1.54. The molecule has 1 fully saturated rings. The number of nitrogens with zero attached hydrogens (tertiary/aromatic N) is 4. The van der Waals surface area contributed by atoms with Crippen LogP contribution in [0.1, 0.15) is 29.0 Å². The van der Waals surface area contributed by atoms with E-state index in [2.05, 4.69) is 10.2 Å². The Hall–Kier alpha value is -2.34. The zero-order valence-electron chi connectivity index (χ0n) is 14.8. The second kappa shape index (κ2) is 7.50. The summed E-state index contributed by atoms with van der Waals surface area (Å²) in [4.78, 5) is 16.1. The van der Waals surface area contributed by atoms with Gasteiger partial charge in [-0.1, -0.05) is 18.2 Å². The number of carbonyl (C=O) groups excluding carboxylic acids is 1. The lowest BCUT2D eigenvalue weighted by molar-refractivity contribution is 0.0668. The van der Waals surface area contributed by atoms with Crippen LogP contribution in [0.25, 0.3) is 5.65 Å². The largest absolute Gasteiger partial charge is 0.338 e. The second-order valence-corrected chi connectivity index (χ2v) is 7.56. The molecule has 0 aliphatic carbocycles. The van der Waals surface area contributed by atoms with Gasteiger partial charge < -0.3 is 4.90 Å². The molecule has 3 aromatic rings. The van der Waals surface area contributed by atoms with Crippen LogP contribution in [0.15, 0.2) is 53.6 Å². The van der Waals surface area contributed by atoms with Gasteiger partial charge in [-0.05, 0) is 49.3 Å². The van der Waals surface area contributed by atoms with E-state index >= 15 is 0 Å². The molecular weight excluding hydrogens is 344 g/mol. The van der Waals surface area contributed by atoms with Crippen molar-refractivity contribution < 1.29 is 4.79 Å². The molecule has 1 atom stereocenters. The van der Waals surface area contributed by atoms with Gasteiger partial charge in [-0.15, -0.1) is 22.0 Å². The van der Waals surface area contributed by atoms with Crippen molar-refractivity contribution in [2.24, 2.45) is 5.92 Å². The zero-order valence-corrected chi connectivity index (χ0v) is 15.7. The van der Waals surface area contributed by atoms with Gasteiger partial charge in [0, 0.05) is 30.6 Å². The Labute approximate surface area is 157 Å². The lowest BCUT2D eigenvalue weighted by atomic mass is 9.94. The standard InChI is InChI=1S/C20H22N4OS/c1-26-17-9-3-2-8-16(17)20(25)23-11-6-7-15(14-23)13-19-22-21-18-10-4-5-12-24(18)19/h2-5,8-10,12,15H,6-7,11,13-14H2,1H3. The van der Waals surface area contributed by atoms with E-state index in [1.807, 2.05) is 64.2 Å². The van der Waals surface area contributed by atoms with Crippen LogP contribution in [-0.4, -0.2) is 44.8 Å². The highest BCUT2D eigenvalue weighted by Gasteiger charge is 2.26. The molecule has 3 heterocycles. The number of pyridine rings is 1. The molecule has 0 bridgehead atoms. The average Bonchev–Trinajstić information content (AvgIpc) is 3.10. The number of rotatable bonds is 4. The minimum Gasteiger partial charge on any atom is -0.338 e. The number of hydrogen-bond acceptors (Lipinski definition) is 4. The number of likely N-dealkylation sites (tertiary alicyclic amines) is 1. The molecule has 0 spiro atoms. The first kappa shape index (κ1) is 17.1. The third-order valence-electron chi connectivity index (χ3n) is 5.00. The molecule has 4 rings (SSSR count). The monoisotopic (exact) mass is 366 g/mol. The smallest absolute Gasteiger partial charge is 0.254 e. The topological polar surface area (TPSA) is 50.5 Å². The van der Waals surface area contributed by atoms with Crippen molar-refractivity contribution in [1.82, 2.24) is 19.5 Å². The summed E-state index contributed by atoms with van der Waals surface area (Å²) in [6, 6.07) is 13.8. The van der Waals surface area contributed by atoms with Crippen molar-refractivity contribution in [3.05, 3.63) is 60.0 Å². The van der Waals surface area contributed by atoms with Crippen LogP contribution < -0.4 is 0 Å². The van der Waals surface area contributed by atoms with Crippen molar-refractivity contribution in [1.29, 1.82) is 0 Å². The Morgan fingerprint density at radius 3 is 2.92 bits per heavy atom. The van der Waals surface area contributed by atoms with Gasteiger partial charge in [0.1, 0.15) is 5.82 Å². The fourth-order valence-electron chi connectivity index (χ4n) is 3.70. The maximum atomic E-state index is 13.0. The molecule has 134 valence electrons. The summed E-state index contributed by atoms with van der Waals surface area (Å²) in [6.07, 6.45) is 7.02. The van der Waals surface area contributed by atoms with Crippen LogP contribution in [0.2, 0.25) is 0 Å². The molecule has 1 saturated heterocycles. The van der Waals surface area contributed by atoms with Crippen molar-refractivity contribution >= 4 is 23.3 Å². The van der Waals surface area contributed by atoms with Gasteiger partial charge >= 0.3 is 0 Å². The van der Waals surface area contributed by atoms with Gasteiger partial charge in [-0.3, -0.25) is 9.20 Å². The minimum absolute atomic E-state index is 0.144. The van der Waals surface area contributed by atoms with Gasteiger partial charge in [0.15, 0.2) is 5.65 Å². The van der Waals surface area contributed by atoms with Crippen LogP contribution in [0.3, 0.4) is 0 Å². The lowest BCUT2D eigenvalue weighted by Crippen LogP contribution is -2.40. The van der Waals surface area contributed by atoms with Crippen molar-refractivity contribution in [2.75, 3.05) is 19.3 Å². The van der Waals surface area contributed by atoms with Crippen molar-refractivity contribution in [2.45, 2.75) is 24.2 Å². The average molecular weight is 366 g/mol. The number of benzene rings is 1. The number of hydrogen-bond donors (Lipinski definition) is 0. The fraction of sp³-hybridized carbons (Fsp3) is 0.350. The molecule has 5 nitrogen and oxygen atoms in total. The highest BCUT2D eigenvalue weighted by atomic mass is 32.2. The summed E-state index contributed by atoms with van der Waals surface area (Å²) in [5, 5.41) is 8.59. The van der Waals surface area contributed by atoms with E-state index in [0.29, 0.717) is 5.92 Å². The van der Waals surface area contributed by atoms with Gasteiger partial charge in [-0.2, -0.15) is 0 Å². The Balaban J connectivity index is 1.50. The number of thioether (sulfide) groups is 1. The lowest BCUT2D eigenvalue weighted by Gasteiger charge is -2.33. The first-order valence-electron chi connectivity index (χ1n) is 8.97.